The summed E-state index contributed by atoms with van der Waals surface area (Å²) in [4.78, 5) is 15.6. The van der Waals surface area contributed by atoms with E-state index in [4.69, 9.17) is 10.5 Å². The Morgan fingerprint density at radius 3 is 2.80 bits per heavy atom. The summed E-state index contributed by atoms with van der Waals surface area (Å²) in [6.45, 7) is 7.57. The molecule has 1 saturated heterocycles. The molecule has 0 radical (unpaired) electrons. The van der Waals surface area contributed by atoms with Gasteiger partial charge in [0.1, 0.15) is 5.75 Å². The van der Waals surface area contributed by atoms with E-state index < -0.39 is 0 Å². The van der Waals surface area contributed by atoms with E-state index in [9.17, 15) is 4.79 Å². The SMILES string of the molecule is CCOc1cc(N2CCCN(C(C)=O)CC2)ccc1N. The molecule has 1 aromatic rings. The molecule has 0 bridgehead atoms. The fourth-order valence-corrected chi connectivity index (χ4v) is 2.49. The Kier molecular flexibility index (Phi) is 4.71. The fraction of sp³-hybridized carbons (Fsp3) is 0.533. The number of carbonyl (C=O) groups excluding carboxylic acids is 1. The van der Waals surface area contributed by atoms with E-state index in [0.29, 0.717) is 12.3 Å². The van der Waals surface area contributed by atoms with E-state index in [-0.39, 0.29) is 5.91 Å². The van der Waals surface area contributed by atoms with Gasteiger partial charge in [0.15, 0.2) is 0 Å². The summed E-state index contributed by atoms with van der Waals surface area (Å²) in [6.07, 6.45) is 0.980. The molecule has 1 aliphatic rings. The van der Waals surface area contributed by atoms with Gasteiger partial charge in [-0.25, -0.2) is 0 Å². The largest absolute Gasteiger partial charge is 0.492 e. The smallest absolute Gasteiger partial charge is 0.219 e. The number of nitrogen functional groups attached to an aromatic ring is 1. The highest BCUT2D eigenvalue weighted by atomic mass is 16.5. The molecule has 0 atom stereocenters. The first-order valence-corrected chi connectivity index (χ1v) is 7.14. The molecule has 0 spiro atoms. The van der Waals surface area contributed by atoms with E-state index in [1.807, 2.05) is 30.0 Å². The molecule has 1 aliphatic heterocycles. The predicted molar refractivity (Wildman–Crippen MR) is 81.1 cm³/mol. The zero-order chi connectivity index (χ0) is 14.5. The highest BCUT2D eigenvalue weighted by Gasteiger charge is 2.17. The van der Waals surface area contributed by atoms with Gasteiger partial charge in [0, 0.05) is 44.9 Å². The lowest BCUT2D eigenvalue weighted by molar-refractivity contribution is -0.128. The van der Waals surface area contributed by atoms with Crippen LogP contribution in [0, 0.1) is 0 Å². The van der Waals surface area contributed by atoms with Crippen LogP contribution in [0.4, 0.5) is 11.4 Å². The van der Waals surface area contributed by atoms with Gasteiger partial charge in [0.25, 0.3) is 0 Å². The molecular weight excluding hydrogens is 254 g/mol. The minimum atomic E-state index is 0.152. The predicted octanol–water partition coefficient (Wildman–Crippen LogP) is 1.73. The number of benzene rings is 1. The van der Waals surface area contributed by atoms with Crippen molar-refractivity contribution in [3.8, 4) is 5.75 Å². The molecule has 1 amide bonds. The summed E-state index contributed by atoms with van der Waals surface area (Å²) in [5, 5.41) is 0. The molecule has 20 heavy (non-hydrogen) atoms. The van der Waals surface area contributed by atoms with Crippen molar-refractivity contribution in [2.75, 3.05) is 43.4 Å². The van der Waals surface area contributed by atoms with E-state index in [2.05, 4.69) is 4.90 Å². The third kappa shape index (κ3) is 3.35. The van der Waals surface area contributed by atoms with Gasteiger partial charge in [-0.05, 0) is 25.5 Å². The third-order valence-corrected chi connectivity index (χ3v) is 3.60. The lowest BCUT2D eigenvalue weighted by Gasteiger charge is -2.24. The van der Waals surface area contributed by atoms with Crippen LogP contribution in [-0.4, -0.2) is 43.6 Å². The summed E-state index contributed by atoms with van der Waals surface area (Å²) in [5.74, 6) is 0.886. The van der Waals surface area contributed by atoms with E-state index in [1.165, 1.54) is 0 Å². The summed E-state index contributed by atoms with van der Waals surface area (Å²) in [5.41, 5.74) is 7.67. The molecule has 1 aromatic carbocycles. The molecule has 2 rings (SSSR count). The van der Waals surface area contributed by atoms with E-state index in [0.717, 1.165) is 44.0 Å². The Morgan fingerprint density at radius 2 is 2.10 bits per heavy atom. The van der Waals surface area contributed by atoms with Gasteiger partial charge in [-0.1, -0.05) is 0 Å². The van der Waals surface area contributed by atoms with Crippen molar-refractivity contribution in [3.63, 3.8) is 0 Å². The van der Waals surface area contributed by atoms with Crippen molar-refractivity contribution in [1.82, 2.24) is 4.90 Å². The Balaban J connectivity index is 2.11. The average Bonchev–Trinajstić information content (AvgIpc) is 2.67. The van der Waals surface area contributed by atoms with Crippen LogP contribution in [0.2, 0.25) is 0 Å². The van der Waals surface area contributed by atoms with Gasteiger partial charge in [-0.15, -0.1) is 0 Å². The number of hydrogen-bond donors (Lipinski definition) is 1. The Morgan fingerprint density at radius 1 is 1.30 bits per heavy atom. The average molecular weight is 277 g/mol. The Bertz CT molecular complexity index is 476. The second kappa shape index (κ2) is 6.50. The molecule has 110 valence electrons. The molecule has 5 nitrogen and oxygen atoms in total. The second-order valence-electron chi connectivity index (χ2n) is 5.00. The molecule has 0 aromatic heterocycles. The fourth-order valence-electron chi connectivity index (χ4n) is 2.49. The number of carbonyl (C=O) groups is 1. The molecule has 2 N–H and O–H groups in total. The minimum Gasteiger partial charge on any atom is -0.492 e. The van der Waals surface area contributed by atoms with Gasteiger partial charge < -0.3 is 20.3 Å². The maximum Gasteiger partial charge on any atom is 0.219 e. The standard InChI is InChI=1S/C15H23N3O2/c1-3-20-15-11-13(5-6-14(15)16)18-8-4-7-17(9-10-18)12(2)19/h5-6,11H,3-4,7-10,16H2,1-2H3. The van der Waals surface area contributed by atoms with Crippen LogP contribution >= 0.6 is 0 Å². The quantitative estimate of drug-likeness (QED) is 0.855. The van der Waals surface area contributed by atoms with Crippen molar-refractivity contribution in [3.05, 3.63) is 18.2 Å². The first kappa shape index (κ1) is 14.5. The lowest BCUT2D eigenvalue weighted by atomic mass is 10.2. The molecule has 0 saturated carbocycles. The highest BCUT2D eigenvalue weighted by molar-refractivity contribution is 5.73. The Hall–Kier alpha value is -1.91. The van der Waals surface area contributed by atoms with Crippen LogP contribution in [0.15, 0.2) is 18.2 Å². The maximum absolute atomic E-state index is 11.4. The molecule has 1 fully saturated rings. The lowest BCUT2D eigenvalue weighted by Crippen LogP contribution is -2.33. The summed E-state index contributed by atoms with van der Waals surface area (Å²) >= 11 is 0. The van der Waals surface area contributed by atoms with Crippen molar-refractivity contribution < 1.29 is 9.53 Å². The summed E-state index contributed by atoms with van der Waals surface area (Å²) in [7, 11) is 0. The molecule has 0 aliphatic carbocycles. The first-order valence-electron chi connectivity index (χ1n) is 7.14. The number of nitrogens with zero attached hydrogens (tertiary/aromatic N) is 2. The molecule has 5 heteroatoms. The topological polar surface area (TPSA) is 58.8 Å². The summed E-state index contributed by atoms with van der Waals surface area (Å²) < 4.78 is 5.54. The molecule has 0 unspecified atom stereocenters. The van der Waals surface area contributed by atoms with Crippen molar-refractivity contribution in [1.29, 1.82) is 0 Å². The number of amides is 1. The van der Waals surface area contributed by atoms with E-state index in [1.54, 1.807) is 6.92 Å². The zero-order valence-corrected chi connectivity index (χ0v) is 12.3. The van der Waals surface area contributed by atoms with Gasteiger partial charge in [0.05, 0.1) is 12.3 Å². The third-order valence-electron chi connectivity index (χ3n) is 3.60. The number of rotatable bonds is 3. The van der Waals surface area contributed by atoms with Crippen molar-refractivity contribution in [2.45, 2.75) is 20.3 Å². The van der Waals surface area contributed by atoms with Crippen LogP contribution in [0.1, 0.15) is 20.3 Å². The number of ether oxygens (including phenoxy) is 1. The first-order chi connectivity index (χ1) is 9.61. The van der Waals surface area contributed by atoms with E-state index >= 15 is 0 Å². The van der Waals surface area contributed by atoms with Crippen LogP contribution < -0.4 is 15.4 Å². The van der Waals surface area contributed by atoms with Crippen LogP contribution in [0.5, 0.6) is 5.75 Å². The van der Waals surface area contributed by atoms with Gasteiger partial charge in [-0.2, -0.15) is 0 Å². The second-order valence-corrected chi connectivity index (χ2v) is 5.00. The van der Waals surface area contributed by atoms with Crippen LogP contribution in [-0.2, 0) is 4.79 Å². The zero-order valence-electron chi connectivity index (χ0n) is 12.3. The van der Waals surface area contributed by atoms with Crippen LogP contribution in [0.3, 0.4) is 0 Å². The molecule has 1 heterocycles. The normalized spacial score (nSPS) is 15.9. The van der Waals surface area contributed by atoms with Gasteiger partial charge >= 0.3 is 0 Å². The number of nitrogens with two attached hydrogens (primary N) is 1. The van der Waals surface area contributed by atoms with Gasteiger partial charge in [-0.3, -0.25) is 4.79 Å². The highest BCUT2D eigenvalue weighted by Crippen LogP contribution is 2.28. The number of hydrogen-bond acceptors (Lipinski definition) is 4. The van der Waals surface area contributed by atoms with Crippen LogP contribution in [0.25, 0.3) is 0 Å². The summed E-state index contributed by atoms with van der Waals surface area (Å²) in [6, 6.07) is 5.89. The maximum atomic E-state index is 11.4. The van der Waals surface area contributed by atoms with Crippen molar-refractivity contribution in [2.24, 2.45) is 0 Å². The van der Waals surface area contributed by atoms with Crippen molar-refractivity contribution >= 4 is 17.3 Å². The minimum absolute atomic E-state index is 0.152. The molecular formula is C15H23N3O2. The monoisotopic (exact) mass is 277 g/mol. The Labute approximate surface area is 120 Å². The van der Waals surface area contributed by atoms with Gasteiger partial charge in [0.2, 0.25) is 5.91 Å². The number of anilines is 2.